The summed E-state index contributed by atoms with van der Waals surface area (Å²) >= 11 is 5.90. The van der Waals surface area contributed by atoms with E-state index in [0.717, 1.165) is 17.2 Å². The number of halogens is 1. The van der Waals surface area contributed by atoms with E-state index in [1.165, 1.54) is 0 Å². The van der Waals surface area contributed by atoms with E-state index in [0.29, 0.717) is 10.6 Å². The molecule has 0 saturated heterocycles. The van der Waals surface area contributed by atoms with Gasteiger partial charge in [-0.15, -0.1) is 0 Å². The number of carbonyl (C=O) groups is 1. The number of nitrogens with zero attached hydrogens (tertiary/aromatic N) is 1. The predicted molar refractivity (Wildman–Crippen MR) is 65.4 cm³/mol. The Labute approximate surface area is 103 Å². The third-order valence-corrected chi connectivity index (χ3v) is 2.86. The average molecular weight is 254 g/mol. The molecule has 1 aromatic heterocycles. The van der Waals surface area contributed by atoms with Gasteiger partial charge in [-0.2, -0.15) is 0 Å². The largest absolute Gasteiger partial charge is 0.394 e. The number of fused-ring (bicyclic) bond motifs is 1. The van der Waals surface area contributed by atoms with Crippen molar-refractivity contribution in [2.24, 2.45) is 0 Å². The molecule has 1 aromatic carbocycles. The third kappa shape index (κ3) is 2.34. The van der Waals surface area contributed by atoms with E-state index in [9.17, 15) is 9.90 Å². The minimum Gasteiger partial charge on any atom is -0.394 e. The van der Waals surface area contributed by atoms with Crippen molar-refractivity contribution in [3.63, 3.8) is 0 Å². The fourth-order valence-corrected chi connectivity index (χ4v) is 1.99. The van der Waals surface area contributed by atoms with Crippen molar-refractivity contribution in [1.29, 1.82) is 0 Å². The molecule has 4 nitrogen and oxygen atoms in total. The second kappa shape index (κ2) is 4.87. The summed E-state index contributed by atoms with van der Waals surface area (Å²) in [6.07, 6.45) is 1.55. The quantitative estimate of drug-likeness (QED) is 0.811. The zero-order valence-corrected chi connectivity index (χ0v) is 9.76. The van der Waals surface area contributed by atoms with Crippen molar-refractivity contribution < 1.29 is 15.0 Å². The van der Waals surface area contributed by atoms with Gasteiger partial charge in [-0.3, -0.25) is 4.79 Å². The average Bonchev–Trinajstić information content (AvgIpc) is 2.66. The molecule has 17 heavy (non-hydrogen) atoms. The molecule has 0 fully saturated rings. The van der Waals surface area contributed by atoms with Gasteiger partial charge < -0.3 is 14.8 Å². The Kier molecular flexibility index (Phi) is 3.47. The fraction of sp³-hybridized carbons (Fsp3) is 0.250. The molecule has 2 aromatic rings. The summed E-state index contributed by atoms with van der Waals surface area (Å²) in [6.45, 7) is -0.0994. The van der Waals surface area contributed by atoms with Crippen molar-refractivity contribution in [1.82, 2.24) is 4.57 Å². The number of benzene rings is 1. The minimum atomic E-state index is -0.857. The Morgan fingerprint density at radius 2 is 2.24 bits per heavy atom. The normalized spacial score (nSPS) is 12.9. The van der Waals surface area contributed by atoms with Gasteiger partial charge in [-0.05, 0) is 12.1 Å². The Morgan fingerprint density at radius 1 is 1.47 bits per heavy atom. The summed E-state index contributed by atoms with van der Waals surface area (Å²) in [7, 11) is 0. The van der Waals surface area contributed by atoms with Gasteiger partial charge in [0.1, 0.15) is 0 Å². The van der Waals surface area contributed by atoms with Gasteiger partial charge in [0.15, 0.2) is 6.29 Å². The van der Waals surface area contributed by atoms with Crippen LogP contribution in [0.5, 0.6) is 0 Å². The molecule has 2 rings (SSSR count). The van der Waals surface area contributed by atoms with E-state index in [1.54, 1.807) is 29.0 Å². The fourth-order valence-electron chi connectivity index (χ4n) is 1.82. The Balaban J connectivity index is 2.54. The number of aldehydes is 1. The van der Waals surface area contributed by atoms with Crippen molar-refractivity contribution in [2.45, 2.75) is 12.6 Å². The zero-order chi connectivity index (χ0) is 12.4. The molecule has 0 spiro atoms. The molecule has 0 saturated carbocycles. The summed E-state index contributed by atoms with van der Waals surface area (Å²) in [5.74, 6) is 0. The standard InChI is InChI=1S/C12H12ClNO3/c13-9-1-2-11-8(6-15)4-14(12(11)3-9)5-10(17)7-16/h1-4,6,10,16-17H,5,7H2. The van der Waals surface area contributed by atoms with Crippen LogP contribution in [0, 0.1) is 0 Å². The lowest BCUT2D eigenvalue weighted by Gasteiger charge is -2.09. The van der Waals surface area contributed by atoms with E-state index in [2.05, 4.69) is 0 Å². The van der Waals surface area contributed by atoms with Crippen LogP contribution in [0.4, 0.5) is 0 Å². The number of hydrogen-bond acceptors (Lipinski definition) is 3. The van der Waals surface area contributed by atoms with E-state index in [1.807, 2.05) is 0 Å². The van der Waals surface area contributed by atoms with E-state index in [-0.39, 0.29) is 13.2 Å². The second-order valence-electron chi connectivity index (χ2n) is 3.85. The van der Waals surface area contributed by atoms with E-state index in [4.69, 9.17) is 16.7 Å². The number of aromatic nitrogens is 1. The lowest BCUT2D eigenvalue weighted by Crippen LogP contribution is -2.19. The van der Waals surface area contributed by atoms with Crippen molar-refractivity contribution in [3.05, 3.63) is 35.0 Å². The van der Waals surface area contributed by atoms with Gasteiger partial charge in [0.25, 0.3) is 0 Å². The molecular formula is C12H12ClNO3. The predicted octanol–water partition coefficient (Wildman–Crippen LogP) is 1.46. The lowest BCUT2D eigenvalue weighted by atomic mass is 10.2. The molecule has 0 aliphatic rings. The maximum atomic E-state index is 10.9. The molecule has 0 bridgehead atoms. The Hall–Kier alpha value is -1.36. The molecule has 0 amide bonds. The lowest BCUT2D eigenvalue weighted by molar-refractivity contribution is 0.0821. The maximum absolute atomic E-state index is 10.9. The molecule has 0 aliphatic heterocycles. The molecule has 0 aliphatic carbocycles. The highest BCUT2D eigenvalue weighted by Crippen LogP contribution is 2.24. The van der Waals surface area contributed by atoms with Gasteiger partial charge in [-0.25, -0.2) is 0 Å². The first-order valence-corrected chi connectivity index (χ1v) is 5.56. The molecule has 0 radical (unpaired) electrons. The molecule has 1 heterocycles. The first-order valence-electron chi connectivity index (χ1n) is 5.18. The molecular weight excluding hydrogens is 242 g/mol. The van der Waals surface area contributed by atoms with Crippen molar-refractivity contribution in [2.75, 3.05) is 6.61 Å². The van der Waals surface area contributed by atoms with Crippen LogP contribution < -0.4 is 0 Å². The molecule has 5 heteroatoms. The second-order valence-corrected chi connectivity index (χ2v) is 4.29. The summed E-state index contributed by atoms with van der Waals surface area (Å²) in [5.41, 5.74) is 1.31. The Bertz CT molecular complexity index is 550. The third-order valence-electron chi connectivity index (χ3n) is 2.62. The first kappa shape index (κ1) is 12.1. The summed E-state index contributed by atoms with van der Waals surface area (Å²) in [5, 5.41) is 19.6. The molecule has 90 valence electrons. The van der Waals surface area contributed by atoms with Crippen molar-refractivity contribution in [3.8, 4) is 0 Å². The number of rotatable bonds is 4. The number of aliphatic hydroxyl groups excluding tert-OH is 2. The summed E-state index contributed by atoms with van der Waals surface area (Å²) in [6, 6.07) is 5.21. The SMILES string of the molecule is O=Cc1cn(CC(O)CO)c2cc(Cl)ccc12. The topological polar surface area (TPSA) is 62.5 Å². The van der Waals surface area contributed by atoms with Crippen LogP contribution in [0.1, 0.15) is 10.4 Å². The number of carbonyl (C=O) groups excluding carboxylic acids is 1. The molecule has 1 atom stereocenters. The van der Waals surface area contributed by atoms with Crippen LogP contribution >= 0.6 is 11.6 Å². The van der Waals surface area contributed by atoms with Gasteiger partial charge in [0.05, 0.1) is 24.8 Å². The molecule has 2 N–H and O–H groups in total. The van der Waals surface area contributed by atoms with Crippen molar-refractivity contribution >= 4 is 28.8 Å². The first-order chi connectivity index (χ1) is 8.15. The van der Waals surface area contributed by atoms with Gasteiger partial charge in [0, 0.05) is 22.2 Å². The maximum Gasteiger partial charge on any atom is 0.152 e. The monoisotopic (exact) mass is 253 g/mol. The number of hydrogen-bond donors (Lipinski definition) is 2. The van der Waals surface area contributed by atoms with Gasteiger partial charge >= 0.3 is 0 Å². The highest BCUT2D eigenvalue weighted by atomic mass is 35.5. The van der Waals surface area contributed by atoms with E-state index < -0.39 is 6.10 Å². The Morgan fingerprint density at radius 3 is 2.88 bits per heavy atom. The highest BCUT2D eigenvalue weighted by Gasteiger charge is 2.11. The van der Waals surface area contributed by atoms with Crippen LogP contribution in [0.25, 0.3) is 10.9 Å². The summed E-state index contributed by atoms with van der Waals surface area (Å²) < 4.78 is 1.71. The van der Waals surface area contributed by atoms with E-state index >= 15 is 0 Å². The summed E-state index contributed by atoms with van der Waals surface area (Å²) in [4.78, 5) is 10.9. The zero-order valence-electron chi connectivity index (χ0n) is 9.01. The molecule has 1 unspecified atom stereocenters. The van der Waals surface area contributed by atoms with Crippen LogP contribution in [-0.4, -0.2) is 33.8 Å². The van der Waals surface area contributed by atoms with Crippen LogP contribution in [0.3, 0.4) is 0 Å². The van der Waals surface area contributed by atoms with Crippen LogP contribution in [0.2, 0.25) is 5.02 Å². The van der Waals surface area contributed by atoms with Crippen LogP contribution in [-0.2, 0) is 6.54 Å². The van der Waals surface area contributed by atoms with Gasteiger partial charge in [-0.1, -0.05) is 17.7 Å². The number of aliphatic hydroxyl groups is 2. The van der Waals surface area contributed by atoms with Gasteiger partial charge in [0.2, 0.25) is 0 Å². The smallest absolute Gasteiger partial charge is 0.152 e. The van der Waals surface area contributed by atoms with Crippen LogP contribution in [0.15, 0.2) is 24.4 Å². The highest BCUT2D eigenvalue weighted by molar-refractivity contribution is 6.31. The minimum absolute atomic E-state index is 0.223.